The van der Waals surface area contributed by atoms with Crippen LogP contribution in [0.25, 0.3) is 0 Å². The fourth-order valence-corrected chi connectivity index (χ4v) is 1.20. The molecule has 0 aromatic carbocycles. The molecule has 1 amide bonds. The number of amides is 1. The fourth-order valence-electron chi connectivity index (χ4n) is 1.20. The van der Waals surface area contributed by atoms with Gasteiger partial charge in [-0.2, -0.15) is 0 Å². The van der Waals surface area contributed by atoms with E-state index in [0.29, 0.717) is 5.69 Å². The van der Waals surface area contributed by atoms with Gasteiger partial charge >= 0.3 is 5.97 Å². The molecule has 0 radical (unpaired) electrons. The van der Waals surface area contributed by atoms with Crippen LogP contribution in [0.1, 0.15) is 17.4 Å². The summed E-state index contributed by atoms with van der Waals surface area (Å²) in [5, 5.41) is 2.54. The highest BCUT2D eigenvalue weighted by atomic mass is 16.5. The zero-order valence-corrected chi connectivity index (χ0v) is 8.98. The van der Waals surface area contributed by atoms with E-state index in [1.165, 1.54) is 7.11 Å². The third-order valence-corrected chi connectivity index (χ3v) is 2.08. The second-order valence-electron chi connectivity index (χ2n) is 3.22. The molecule has 1 atom stereocenters. The highest BCUT2D eigenvalue weighted by Gasteiger charge is 2.17. The molecule has 5 heteroatoms. The van der Waals surface area contributed by atoms with Crippen molar-refractivity contribution < 1.29 is 14.3 Å². The molecule has 0 aliphatic rings. The molecule has 0 unspecified atom stereocenters. The molecule has 5 nitrogen and oxygen atoms in total. The van der Waals surface area contributed by atoms with Gasteiger partial charge in [-0.05, 0) is 19.1 Å². The summed E-state index contributed by atoms with van der Waals surface area (Å²) >= 11 is 0. The van der Waals surface area contributed by atoms with Gasteiger partial charge in [0.2, 0.25) is 0 Å². The summed E-state index contributed by atoms with van der Waals surface area (Å²) in [6.07, 6.45) is 1.76. The second kappa shape index (κ2) is 4.63. The maximum Gasteiger partial charge on any atom is 0.328 e. The van der Waals surface area contributed by atoms with E-state index in [1.54, 1.807) is 36.9 Å². The van der Waals surface area contributed by atoms with Gasteiger partial charge in [0.15, 0.2) is 0 Å². The number of carbonyl (C=O) groups is 2. The smallest absolute Gasteiger partial charge is 0.328 e. The Morgan fingerprint density at radius 2 is 2.20 bits per heavy atom. The third kappa shape index (κ3) is 2.59. The molecule has 15 heavy (non-hydrogen) atoms. The lowest BCUT2D eigenvalue weighted by atomic mass is 10.3. The third-order valence-electron chi connectivity index (χ3n) is 2.08. The van der Waals surface area contributed by atoms with E-state index >= 15 is 0 Å². The summed E-state index contributed by atoms with van der Waals surface area (Å²) < 4.78 is 6.18. The van der Waals surface area contributed by atoms with Crippen molar-refractivity contribution in [1.29, 1.82) is 0 Å². The van der Waals surface area contributed by atoms with E-state index in [1.807, 2.05) is 0 Å². The summed E-state index contributed by atoms with van der Waals surface area (Å²) in [4.78, 5) is 22.7. The molecule has 1 N–H and O–H groups in total. The first-order valence-electron chi connectivity index (χ1n) is 4.56. The van der Waals surface area contributed by atoms with Crippen LogP contribution in [0.2, 0.25) is 0 Å². The van der Waals surface area contributed by atoms with Gasteiger partial charge in [0.05, 0.1) is 7.11 Å². The maximum atomic E-state index is 11.6. The lowest BCUT2D eigenvalue weighted by Gasteiger charge is -2.11. The van der Waals surface area contributed by atoms with Crippen LogP contribution in [-0.4, -0.2) is 29.6 Å². The Balaban J connectivity index is 2.64. The first-order chi connectivity index (χ1) is 7.06. The summed E-state index contributed by atoms with van der Waals surface area (Å²) in [5.41, 5.74) is 0.505. The van der Waals surface area contributed by atoms with Crippen molar-refractivity contribution in [2.45, 2.75) is 13.0 Å². The van der Waals surface area contributed by atoms with Gasteiger partial charge in [0, 0.05) is 13.2 Å². The number of nitrogens with one attached hydrogen (secondary N) is 1. The molecule has 0 saturated carbocycles. The molecule has 1 aromatic rings. The quantitative estimate of drug-likeness (QED) is 0.731. The minimum Gasteiger partial charge on any atom is -0.467 e. The Morgan fingerprint density at radius 1 is 1.53 bits per heavy atom. The zero-order valence-electron chi connectivity index (χ0n) is 8.98. The van der Waals surface area contributed by atoms with Gasteiger partial charge in [0.25, 0.3) is 5.91 Å². The van der Waals surface area contributed by atoms with Gasteiger partial charge in [-0.25, -0.2) is 4.79 Å². The zero-order chi connectivity index (χ0) is 11.4. The normalized spacial score (nSPS) is 11.9. The van der Waals surface area contributed by atoms with Crippen molar-refractivity contribution in [1.82, 2.24) is 9.88 Å². The summed E-state index contributed by atoms with van der Waals surface area (Å²) in [6, 6.07) is 2.80. The number of aromatic nitrogens is 1. The predicted octanol–water partition coefficient (Wildman–Crippen LogP) is 0.316. The molecule has 0 aliphatic heterocycles. The first kappa shape index (κ1) is 11.3. The largest absolute Gasteiger partial charge is 0.467 e. The van der Waals surface area contributed by atoms with Crippen molar-refractivity contribution in [3.05, 3.63) is 24.0 Å². The van der Waals surface area contributed by atoms with Crippen molar-refractivity contribution in [2.75, 3.05) is 7.11 Å². The Morgan fingerprint density at radius 3 is 2.67 bits per heavy atom. The van der Waals surface area contributed by atoms with Crippen LogP contribution < -0.4 is 5.32 Å². The average Bonchev–Trinajstić information content (AvgIpc) is 2.63. The lowest BCUT2D eigenvalue weighted by Crippen LogP contribution is -2.39. The number of hydrogen-bond donors (Lipinski definition) is 1. The maximum absolute atomic E-state index is 11.6. The molecule has 1 aromatic heterocycles. The Hall–Kier alpha value is -1.78. The molecule has 0 saturated heterocycles. The van der Waals surface area contributed by atoms with Crippen molar-refractivity contribution in [3.63, 3.8) is 0 Å². The molecule has 0 bridgehead atoms. The Bertz CT molecular complexity index is 370. The highest BCUT2D eigenvalue weighted by molar-refractivity contribution is 5.95. The second-order valence-corrected chi connectivity index (χ2v) is 3.22. The molecule has 1 rings (SSSR count). The number of esters is 1. The molecule has 0 spiro atoms. The number of rotatable bonds is 3. The number of hydrogen-bond acceptors (Lipinski definition) is 3. The minimum atomic E-state index is -0.641. The van der Waals surface area contributed by atoms with Crippen LogP contribution in [0.4, 0.5) is 0 Å². The number of methoxy groups -OCH3 is 1. The number of ether oxygens (including phenoxy) is 1. The van der Waals surface area contributed by atoms with Crippen LogP contribution in [0.3, 0.4) is 0 Å². The topological polar surface area (TPSA) is 60.3 Å². The molecule has 1 heterocycles. The van der Waals surface area contributed by atoms with Crippen LogP contribution in [0.5, 0.6) is 0 Å². The average molecular weight is 210 g/mol. The molecular formula is C10H14N2O3. The highest BCUT2D eigenvalue weighted by Crippen LogP contribution is 2.00. The van der Waals surface area contributed by atoms with Gasteiger partial charge in [-0.15, -0.1) is 0 Å². The van der Waals surface area contributed by atoms with Gasteiger partial charge in [-0.1, -0.05) is 0 Å². The number of aryl methyl sites for hydroxylation is 1. The van der Waals surface area contributed by atoms with Crippen LogP contribution >= 0.6 is 0 Å². The monoisotopic (exact) mass is 210 g/mol. The molecule has 82 valence electrons. The summed E-state index contributed by atoms with van der Waals surface area (Å²) in [7, 11) is 3.05. The van der Waals surface area contributed by atoms with Crippen molar-refractivity contribution >= 4 is 11.9 Å². The number of nitrogens with zero attached hydrogens (tertiary/aromatic N) is 1. The SMILES string of the molecule is COC(=O)[C@H](C)NC(=O)c1cccn1C. The van der Waals surface area contributed by atoms with Crippen LogP contribution in [-0.2, 0) is 16.6 Å². The van der Waals surface area contributed by atoms with E-state index in [-0.39, 0.29) is 5.91 Å². The first-order valence-corrected chi connectivity index (χ1v) is 4.56. The van der Waals surface area contributed by atoms with Crippen molar-refractivity contribution in [2.24, 2.45) is 7.05 Å². The van der Waals surface area contributed by atoms with E-state index < -0.39 is 12.0 Å². The summed E-state index contributed by atoms with van der Waals surface area (Å²) in [6.45, 7) is 1.58. The Labute approximate surface area is 88.0 Å². The fraction of sp³-hybridized carbons (Fsp3) is 0.400. The van der Waals surface area contributed by atoms with Crippen LogP contribution in [0.15, 0.2) is 18.3 Å². The lowest BCUT2D eigenvalue weighted by molar-refractivity contribution is -0.142. The van der Waals surface area contributed by atoms with Crippen molar-refractivity contribution in [3.8, 4) is 0 Å². The predicted molar refractivity (Wildman–Crippen MR) is 54.4 cm³/mol. The van der Waals surface area contributed by atoms with Crippen LogP contribution in [0, 0.1) is 0 Å². The van der Waals surface area contributed by atoms with E-state index in [9.17, 15) is 9.59 Å². The summed E-state index contributed by atoms with van der Waals surface area (Å²) in [5.74, 6) is -0.752. The van der Waals surface area contributed by atoms with Gasteiger partial charge < -0.3 is 14.6 Å². The van der Waals surface area contributed by atoms with E-state index in [4.69, 9.17) is 0 Å². The molecule has 0 aliphatic carbocycles. The minimum absolute atomic E-state index is 0.291. The van der Waals surface area contributed by atoms with Gasteiger partial charge in [0.1, 0.15) is 11.7 Å². The van der Waals surface area contributed by atoms with Gasteiger partial charge in [-0.3, -0.25) is 4.79 Å². The van der Waals surface area contributed by atoms with E-state index in [2.05, 4.69) is 10.1 Å². The molecule has 0 fully saturated rings. The Kier molecular flexibility index (Phi) is 3.49. The number of carbonyl (C=O) groups excluding carboxylic acids is 2. The van der Waals surface area contributed by atoms with E-state index in [0.717, 1.165) is 0 Å². The molecular weight excluding hydrogens is 196 g/mol. The standard InChI is InChI=1S/C10H14N2O3/c1-7(10(14)15-3)11-9(13)8-5-4-6-12(8)2/h4-7H,1-3H3,(H,11,13)/t7-/m0/s1.